The summed E-state index contributed by atoms with van der Waals surface area (Å²) in [6.45, 7) is 6.80. The van der Waals surface area contributed by atoms with Crippen LogP contribution in [0.2, 0.25) is 0 Å². The van der Waals surface area contributed by atoms with Gasteiger partial charge < -0.3 is 4.90 Å². The maximum absolute atomic E-state index is 2.51. The molecule has 0 aromatic heterocycles. The summed E-state index contributed by atoms with van der Waals surface area (Å²) in [7, 11) is 0. The predicted octanol–water partition coefficient (Wildman–Crippen LogP) is 19.3. The fourth-order valence-electron chi connectivity index (χ4n) is 12.4. The number of anilines is 3. The standard InChI is InChI=1S/C71H51N/c1-70(2,3)54-36-31-48(32-37-54)46-27-29-47(30-28-46)49-33-38-55(39-34-49)72(68-42-35-51-16-7-9-21-58(51)69(68)61-24-14-19-50-15-6-8-20-57(50)61)56-40-41-66-63(45-56)62-43-52-17-4-5-18-53(52)44-67(62)71(66)64-25-12-10-22-59(64)60-23-11-13-26-65(60)71/h4-45H,1-3H3. The van der Waals surface area contributed by atoms with Crippen molar-refractivity contribution in [3.8, 4) is 55.6 Å². The van der Waals surface area contributed by atoms with Crippen molar-refractivity contribution in [2.24, 2.45) is 0 Å². The van der Waals surface area contributed by atoms with Gasteiger partial charge in [0.05, 0.1) is 11.1 Å². The summed E-state index contributed by atoms with van der Waals surface area (Å²) in [6, 6.07) is 95.7. The maximum Gasteiger partial charge on any atom is 0.0725 e. The highest BCUT2D eigenvalue weighted by atomic mass is 15.1. The van der Waals surface area contributed by atoms with Gasteiger partial charge in [0.25, 0.3) is 0 Å². The van der Waals surface area contributed by atoms with Gasteiger partial charge in [0, 0.05) is 16.9 Å². The molecule has 0 radical (unpaired) electrons. The van der Waals surface area contributed by atoms with Gasteiger partial charge in [0.15, 0.2) is 0 Å². The molecule has 0 bridgehead atoms. The predicted molar refractivity (Wildman–Crippen MR) is 305 cm³/mol. The lowest BCUT2D eigenvalue weighted by Crippen LogP contribution is -2.25. The minimum Gasteiger partial charge on any atom is -0.310 e. The summed E-state index contributed by atoms with van der Waals surface area (Å²) in [6.07, 6.45) is 0. The van der Waals surface area contributed by atoms with Crippen molar-refractivity contribution in [2.75, 3.05) is 4.90 Å². The molecular weight excluding hydrogens is 867 g/mol. The Morgan fingerprint density at radius 2 is 0.764 bits per heavy atom. The molecule has 0 amide bonds. The van der Waals surface area contributed by atoms with Crippen molar-refractivity contribution >= 4 is 49.4 Å². The molecule has 0 unspecified atom stereocenters. The molecule has 0 saturated carbocycles. The zero-order valence-corrected chi connectivity index (χ0v) is 40.7. The third kappa shape index (κ3) is 6.40. The molecule has 12 aromatic carbocycles. The van der Waals surface area contributed by atoms with E-state index in [0.29, 0.717) is 0 Å². The molecule has 12 aromatic rings. The van der Waals surface area contributed by atoms with Crippen LogP contribution in [-0.4, -0.2) is 0 Å². The smallest absolute Gasteiger partial charge is 0.0725 e. The largest absolute Gasteiger partial charge is 0.310 e. The highest BCUT2D eigenvalue weighted by Crippen LogP contribution is 2.64. The van der Waals surface area contributed by atoms with Crippen LogP contribution in [-0.2, 0) is 10.8 Å². The summed E-state index contributed by atoms with van der Waals surface area (Å²) in [5.41, 5.74) is 22.1. The topological polar surface area (TPSA) is 3.24 Å². The van der Waals surface area contributed by atoms with E-state index in [1.54, 1.807) is 0 Å². The van der Waals surface area contributed by atoms with Crippen molar-refractivity contribution in [2.45, 2.75) is 31.6 Å². The van der Waals surface area contributed by atoms with Crippen molar-refractivity contribution in [1.82, 2.24) is 0 Å². The van der Waals surface area contributed by atoms with E-state index in [9.17, 15) is 0 Å². The molecule has 1 heteroatoms. The minimum atomic E-state index is -0.463. The van der Waals surface area contributed by atoms with Gasteiger partial charge in [-0.2, -0.15) is 0 Å². The van der Waals surface area contributed by atoms with E-state index in [2.05, 4.69) is 280 Å². The zero-order valence-electron chi connectivity index (χ0n) is 40.7. The van der Waals surface area contributed by atoms with Crippen LogP contribution in [0.4, 0.5) is 17.1 Å². The monoisotopic (exact) mass is 917 g/mol. The molecule has 0 fully saturated rings. The van der Waals surface area contributed by atoms with Crippen LogP contribution in [0.3, 0.4) is 0 Å². The van der Waals surface area contributed by atoms with E-state index >= 15 is 0 Å². The Bertz CT molecular complexity index is 4060. The first kappa shape index (κ1) is 42.1. The van der Waals surface area contributed by atoms with Crippen molar-refractivity contribution in [1.29, 1.82) is 0 Å². The lowest BCUT2D eigenvalue weighted by Gasteiger charge is -2.32. The number of rotatable bonds is 6. The molecule has 0 heterocycles. The van der Waals surface area contributed by atoms with Crippen molar-refractivity contribution in [3.05, 3.63) is 283 Å². The van der Waals surface area contributed by atoms with Gasteiger partial charge in [-0.05, 0) is 158 Å². The van der Waals surface area contributed by atoms with Gasteiger partial charge in [-0.15, -0.1) is 0 Å². The van der Waals surface area contributed by atoms with Gasteiger partial charge in [0.2, 0.25) is 0 Å². The average Bonchev–Trinajstić information content (AvgIpc) is 3.89. The highest BCUT2D eigenvalue weighted by molar-refractivity contribution is 6.12. The van der Waals surface area contributed by atoms with Crippen LogP contribution in [0.5, 0.6) is 0 Å². The zero-order chi connectivity index (χ0) is 48.1. The van der Waals surface area contributed by atoms with Crippen LogP contribution >= 0.6 is 0 Å². The Morgan fingerprint density at radius 1 is 0.306 bits per heavy atom. The van der Waals surface area contributed by atoms with Crippen molar-refractivity contribution < 1.29 is 0 Å². The van der Waals surface area contributed by atoms with Crippen LogP contribution in [0.1, 0.15) is 48.6 Å². The molecule has 2 aliphatic carbocycles. The van der Waals surface area contributed by atoms with Gasteiger partial charge in [-0.3, -0.25) is 0 Å². The second kappa shape index (κ2) is 16.1. The summed E-state index contributed by atoms with van der Waals surface area (Å²) in [5, 5.41) is 7.39. The Hall–Kier alpha value is -8.78. The third-order valence-corrected chi connectivity index (χ3v) is 15.8. The Labute approximate surface area is 422 Å². The normalized spacial score (nSPS) is 13.0. The van der Waals surface area contributed by atoms with E-state index in [1.165, 1.54) is 116 Å². The number of hydrogen-bond donors (Lipinski definition) is 0. The molecule has 0 atom stereocenters. The molecule has 0 N–H and O–H groups in total. The molecular formula is C71H51N. The van der Waals surface area contributed by atoms with Crippen LogP contribution < -0.4 is 4.90 Å². The number of fused-ring (bicyclic) bond motifs is 13. The summed E-state index contributed by atoms with van der Waals surface area (Å²) in [4.78, 5) is 2.51. The van der Waals surface area contributed by atoms with E-state index in [4.69, 9.17) is 0 Å². The highest BCUT2D eigenvalue weighted by Gasteiger charge is 2.51. The van der Waals surface area contributed by atoms with Gasteiger partial charge in [-0.25, -0.2) is 0 Å². The van der Waals surface area contributed by atoms with Crippen LogP contribution in [0, 0.1) is 0 Å². The number of nitrogens with zero attached hydrogens (tertiary/aromatic N) is 1. The minimum absolute atomic E-state index is 0.120. The lowest BCUT2D eigenvalue weighted by atomic mass is 9.70. The van der Waals surface area contributed by atoms with E-state index in [0.717, 1.165) is 17.1 Å². The fraction of sp³-hybridized carbons (Fsp3) is 0.0704. The maximum atomic E-state index is 2.51. The van der Waals surface area contributed by atoms with Crippen LogP contribution in [0.15, 0.2) is 255 Å². The Morgan fingerprint density at radius 3 is 1.40 bits per heavy atom. The molecule has 1 spiro atoms. The van der Waals surface area contributed by atoms with Gasteiger partial charge >= 0.3 is 0 Å². The Kier molecular flexibility index (Phi) is 9.44. The second-order valence-electron chi connectivity index (χ2n) is 20.8. The summed E-state index contributed by atoms with van der Waals surface area (Å²) >= 11 is 0. The molecule has 2 aliphatic rings. The third-order valence-electron chi connectivity index (χ3n) is 15.8. The van der Waals surface area contributed by atoms with Crippen molar-refractivity contribution in [3.63, 3.8) is 0 Å². The SMILES string of the molecule is CC(C)(C)c1ccc(-c2ccc(-c3ccc(N(c4ccc5c(c4)-c4cc6ccccc6cc4C54c5ccccc5-c5ccccc54)c4ccc5ccccc5c4-c4cccc5ccccc45)cc3)cc2)cc1. The molecule has 72 heavy (non-hydrogen) atoms. The fourth-order valence-corrected chi connectivity index (χ4v) is 12.4. The molecule has 14 rings (SSSR count). The first-order valence-corrected chi connectivity index (χ1v) is 25.3. The average molecular weight is 918 g/mol. The van der Waals surface area contributed by atoms with Gasteiger partial charge in [0.1, 0.15) is 0 Å². The quantitative estimate of drug-likeness (QED) is 0.161. The lowest BCUT2D eigenvalue weighted by molar-refractivity contribution is 0.590. The number of hydrogen-bond acceptors (Lipinski definition) is 1. The van der Waals surface area contributed by atoms with E-state index in [1.807, 2.05) is 0 Å². The second-order valence-corrected chi connectivity index (χ2v) is 20.8. The first-order valence-electron chi connectivity index (χ1n) is 25.3. The summed E-state index contributed by atoms with van der Waals surface area (Å²) < 4.78 is 0. The summed E-state index contributed by atoms with van der Waals surface area (Å²) in [5.74, 6) is 0. The van der Waals surface area contributed by atoms with Crippen LogP contribution in [0.25, 0.3) is 88.0 Å². The van der Waals surface area contributed by atoms with E-state index < -0.39 is 5.41 Å². The number of benzene rings is 12. The molecule has 1 nitrogen and oxygen atoms in total. The van der Waals surface area contributed by atoms with Gasteiger partial charge in [-0.1, -0.05) is 233 Å². The molecule has 340 valence electrons. The molecule has 0 saturated heterocycles. The molecule has 0 aliphatic heterocycles. The van der Waals surface area contributed by atoms with E-state index in [-0.39, 0.29) is 5.41 Å². The Balaban J connectivity index is 0.981. The first-order chi connectivity index (χ1) is 35.3.